The molecule has 0 amide bonds. The Morgan fingerprint density at radius 2 is 2.20 bits per heavy atom. The molecule has 0 aliphatic heterocycles. The second-order valence-corrected chi connectivity index (χ2v) is 5.67. The highest BCUT2D eigenvalue weighted by Gasteiger charge is 2.27. The molecule has 1 aliphatic rings. The third-order valence-electron chi connectivity index (χ3n) is 3.80. The Bertz CT molecular complexity index is 632. The summed E-state index contributed by atoms with van der Waals surface area (Å²) in [5, 5.41) is 11.7. The van der Waals surface area contributed by atoms with E-state index in [1.54, 1.807) is 23.7 Å². The Hall–Kier alpha value is -1.98. The van der Waals surface area contributed by atoms with Crippen molar-refractivity contribution >= 4 is 5.69 Å². The maximum Gasteiger partial charge on any atom is 0.185 e. The van der Waals surface area contributed by atoms with Crippen LogP contribution in [0.5, 0.6) is 0 Å². The van der Waals surface area contributed by atoms with E-state index >= 15 is 0 Å². The number of hydrogen-bond donors (Lipinski definition) is 1. The summed E-state index contributed by atoms with van der Waals surface area (Å²) in [7, 11) is 0. The Morgan fingerprint density at radius 1 is 1.45 bits per heavy atom. The standard InChI is InChI=1S/C14H18FN5/c1-8-5-11(16)7-12(13(8)15)14-17-18-19-20(14)9(2)6-10-3-4-10/h5,7,9-10H,3-4,6,16H2,1-2H3. The van der Waals surface area contributed by atoms with Crippen LogP contribution in [0.25, 0.3) is 11.4 Å². The minimum absolute atomic E-state index is 0.161. The fourth-order valence-corrected chi connectivity index (χ4v) is 2.56. The molecule has 20 heavy (non-hydrogen) atoms. The lowest BCUT2D eigenvalue weighted by atomic mass is 10.1. The van der Waals surface area contributed by atoms with Gasteiger partial charge in [0.05, 0.1) is 11.6 Å². The maximum absolute atomic E-state index is 14.3. The number of halogens is 1. The number of hydrogen-bond acceptors (Lipinski definition) is 4. The van der Waals surface area contributed by atoms with E-state index in [0.717, 1.165) is 12.3 Å². The lowest BCUT2D eigenvalue weighted by Gasteiger charge is -2.14. The second kappa shape index (κ2) is 4.85. The fourth-order valence-electron chi connectivity index (χ4n) is 2.56. The first-order valence-corrected chi connectivity index (χ1v) is 6.90. The molecule has 106 valence electrons. The lowest BCUT2D eigenvalue weighted by Crippen LogP contribution is -2.11. The molecule has 1 saturated carbocycles. The molecule has 0 radical (unpaired) electrons. The van der Waals surface area contributed by atoms with Crippen LogP contribution < -0.4 is 5.73 Å². The molecule has 3 rings (SSSR count). The van der Waals surface area contributed by atoms with Crippen LogP contribution in [0.2, 0.25) is 0 Å². The molecule has 0 spiro atoms. The Morgan fingerprint density at radius 3 is 2.90 bits per heavy atom. The second-order valence-electron chi connectivity index (χ2n) is 5.67. The highest BCUT2D eigenvalue weighted by Crippen LogP contribution is 2.37. The van der Waals surface area contributed by atoms with E-state index in [4.69, 9.17) is 5.73 Å². The van der Waals surface area contributed by atoms with Crippen LogP contribution in [0.3, 0.4) is 0 Å². The van der Waals surface area contributed by atoms with E-state index in [-0.39, 0.29) is 11.9 Å². The average molecular weight is 275 g/mol. The predicted molar refractivity (Wildman–Crippen MR) is 74.4 cm³/mol. The third-order valence-corrected chi connectivity index (χ3v) is 3.80. The summed E-state index contributed by atoms with van der Waals surface area (Å²) >= 11 is 0. The van der Waals surface area contributed by atoms with Gasteiger partial charge in [0.25, 0.3) is 0 Å². The molecule has 6 heteroatoms. The highest BCUT2D eigenvalue weighted by molar-refractivity contribution is 5.63. The SMILES string of the molecule is Cc1cc(N)cc(-c2nnnn2C(C)CC2CC2)c1F. The van der Waals surface area contributed by atoms with Gasteiger partial charge in [-0.1, -0.05) is 12.8 Å². The van der Waals surface area contributed by atoms with Crippen molar-refractivity contribution in [3.8, 4) is 11.4 Å². The molecule has 5 nitrogen and oxygen atoms in total. The third kappa shape index (κ3) is 2.37. The topological polar surface area (TPSA) is 69.6 Å². The first-order valence-electron chi connectivity index (χ1n) is 6.90. The summed E-state index contributed by atoms with van der Waals surface area (Å²) in [6.45, 7) is 3.76. The smallest absolute Gasteiger partial charge is 0.185 e. The first-order chi connectivity index (χ1) is 9.56. The Labute approximate surface area is 117 Å². The van der Waals surface area contributed by atoms with E-state index < -0.39 is 0 Å². The van der Waals surface area contributed by atoms with Crippen LogP contribution in [-0.2, 0) is 0 Å². The van der Waals surface area contributed by atoms with Gasteiger partial charge in [0.2, 0.25) is 0 Å². The van der Waals surface area contributed by atoms with E-state index in [1.807, 2.05) is 0 Å². The number of nitrogens with two attached hydrogens (primary N) is 1. The number of nitrogens with zero attached hydrogens (tertiary/aromatic N) is 4. The molecule has 1 heterocycles. The van der Waals surface area contributed by atoms with Gasteiger partial charge in [-0.2, -0.15) is 0 Å². The zero-order valence-corrected chi connectivity index (χ0v) is 11.7. The fraction of sp³-hybridized carbons (Fsp3) is 0.500. The van der Waals surface area contributed by atoms with E-state index in [9.17, 15) is 4.39 Å². The predicted octanol–water partition coefficient (Wildman–Crippen LogP) is 2.73. The van der Waals surface area contributed by atoms with Gasteiger partial charge in [-0.05, 0) is 54.3 Å². The normalized spacial score (nSPS) is 16.4. The molecule has 1 aliphatic carbocycles. The van der Waals surface area contributed by atoms with Crippen LogP contribution >= 0.6 is 0 Å². The minimum atomic E-state index is -0.311. The van der Waals surface area contributed by atoms with Crippen LogP contribution in [-0.4, -0.2) is 20.2 Å². The van der Waals surface area contributed by atoms with Crippen molar-refractivity contribution < 1.29 is 4.39 Å². The van der Waals surface area contributed by atoms with Gasteiger partial charge in [0.1, 0.15) is 5.82 Å². The number of aryl methyl sites for hydroxylation is 1. The minimum Gasteiger partial charge on any atom is -0.399 e. The highest BCUT2D eigenvalue weighted by atomic mass is 19.1. The molecule has 1 unspecified atom stereocenters. The number of rotatable bonds is 4. The Balaban J connectivity index is 2.00. The maximum atomic E-state index is 14.3. The van der Waals surface area contributed by atoms with Gasteiger partial charge < -0.3 is 5.73 Å². The van der Waals surface area contributed by atoms with E-state index in [1.165, 1.54) is 12.8 Å². The molecule has 1 atom stereocenters. The van der Waals surface area contributed by atoms with Gasteiger partial charge in [-0.3, -0.25) is 0 Å². The lowest BCUT2D eigenvalue weighted by molar-refractivity contribution is 0.429. The van der Waals surface area contributed by atoms with Gasteiger partial charge in [-0.25, -0.2) is 9.07 Å². The Kier molecular flexibility index (Phi) is 3.16. The number of aromatic nitrogens is 4. The summed E-state index contributed by atoms with van der Waals surface area (Å²) in [5.41, 5.74) is 7.20. The quantitative estimate of drug-likeness (QED) is 0.871. The van der Waals surface area contributed by atoms with Gasteiger partial charge in [0.15, 0.2) is 5.82 Å². The van der Waals surface area contributed by atoms with Gasteiger partial charge in [0, 0.05) is 5.69 Å². The van der Waals surface area contributed by atoms with Crippen molar-refractivity contribution in [2.75, 3.05) is 5.73 Å². The van der Waals surface area contributed by atoms with Crippen LogP contribution in [0.1, 0.15) is 37.8 Å². The summed E-state index contributed by atoms with van der Waals surface area (Å²) in [4.78, 5) is 0. The molecule has 1 aromatic heterocycles. The van der Waals surface area contributed by atoms with Crippen LogP contribution in [0.15, 0.2) is 12.1 Å². The van der Waals surface area contributed by atoms with Crippen molar-refractivity contribution in [3.05, 3.63) is 23.5 Å². The van der Waals surface area contributed by atoms with Crippen molar-refractivity contribution in [2.24, 2.45) is 5.92 Å². The largest absolute Gasteiger partial charge is 0.399 e. The summed E-state index contributed by atoms with van der Waals surface area (Å²) in [6.07, 6.45) is 3.57. The molecular weight excluding hydrogens is 257 g/mol. The molecule has 0 saturated heterocycles. The van der Waals surface area contributed by atoms with Crippen LogP contribution in [0.4, 0.5) is 10.1 Å². The number of nitrogen functional groups attached to an aromatic ring is 1. The van der Waals surface area contributed by atoms with E-state index in [2.05, 4.69) is 22.4 Å². The molecule has 2 N–H and O–H groups in total. The molecule has 2 aromatic rings. The first kappa shape index (κ1) is 13.0. The van der Waals surface area contributed by atoms with Crippen molar-refractivity contribution in [3.63, 3.8) is 0 Å². The number of tetrazole rings is 1. The van der Waals surface area contributed by atoms with Crippen molar-refractivity contribution in [2.45, 2.75) is 39.2 Å². The molecule has 0 bridgehead atoms. The number of anilines is 1. The summed E-state index contributed by atoms with van der Waals surface area (Å²) in [5.74, 6) is 0.898. The van der Waals surface area contributed by atoms with Crippen LogP contribution in [0, 0.1) is 18.7 Å². The zero-order chi connectivity index (χ0) is 14.3. The monoisotopic (exact) mass is 275 g/mol. The van der Waals surface area contributed by atoms with Crippen molar-refractivity contribution in [1.29, 1.82) is 0 Å². The molecular formula is C14H18FN5. The number of benzene rings is 1. The zero-order valence-electron chi connectivity index (χ0n) is 11.7. The molecule has 1 fully saturated rings. The average Bonchev–Trinajstić information content (AvgIpc) is 3.07. The van der Waals surface area contributed by atoms with E-state index in [0.29, 0.717) is 22.6 Å². The molecule has 1 aromatic carbocycles. The van der Waals surface area contributed by atoms with Gasteiger partial charge in [-0.15, -0.1) is 5.10 Å². The van der Waals surface area contributed by atoms with Crippen molar-refractivity contribution in [1.82, 2.24) is 20.2 Å². The van der Waals surface area contributed by atoms with Gasteiger partial charge >= 0.3 is 0 Å². The summed E-state index contributed by atoms with van der Waals surface area (Å²) in [6, 6.07) is 3.36. The summed E-state index contributed by atoms with van der Waals surface area (Å²) < 4.78 is 16.0.